The summed E-state index contributed by atoms with van der Waals surface area (Å²) in [7, 11) is 3.22. The summed E-state index contributed by atoms with van der Waals surface area (Å²) >= 11 is 1.92. The van der Waals surface area contributed by atoms with Gasteiger partial charge in [-0.05, 0) is 31.4 Å². The van der Waals surface area contributed by atoms with Crippen molar-refractivity contribution in [3.63, 3.8) is 0 Å². The van der Waals surface area contributed by atoms with E-state index in [1.54, 1.807) is 14.2 Å². The Hall–Kier alpha value is -1.01. The van der Waals surface area contributed by atoms with E-state index in [1.165, 1.54) is 37.8 Å². The van der Waals surface area contributed by atoms with Gasteiger partial charge in [0, 0.05) is 6.54 Å². The van der Waals surface area contributed by atoms with Gasteiger partial charge in [-0.25, -0.2) is 9.97 Å². The topological polar surface area (TPSA) is 56.3 Å². The molecule has 0 aliphatic heterocycles. The van der Waals surface area contributed by atoms with Crippen molar-refractivity contribution in [1.82, 2.24) is 15.3 Å². The summed E-state index contributed by atoms with van der Waals surface area (Å²) in [6, 6.07) is 0. The van der Waals surface area contributed by atoms with E-state index in [9.17, 15) is 0 Å². The molecule has 0 aliphatic rings. The van der Waals surface area contributed by atoms with Crippen molar-refractivity contribution in [3.8, 4) is 11.8 Å². The summed E-state index contributed by atoms with van der Waals surface area (Å²) in [4.78, 5) is 8.20. The molecule has 1 aromatic heterocycles. The van der Waals surface area contributed by atoms with Crippen LogP contribution in [0, 0.1) is 0 Å². The van der Waals surface area contributed by atoms with Crippen LogP contribution in [-0.4, -0.2) is 42.7 Å². The Bertz CT molecular complexity index is 355. The van der Waals surface area contributed by atoms with Gasteiger partial charge in [0.15, 0.2) is 0 Å². The predicted octanol–water partition coefficient (Wildman–Crippen LogP) is 2.51. The van der Waals surface area contributed by atoms with Crippen molar-refractivity contribution in [2.75, 3.05) is 32.8 Å². The predicted molar refractivity (Wildman–Crippen MR) is 83.7 cm³/mol. The van der Waals surface area contributed by atoms with Crippen LogP contribution >= 0.6 is 11.8 Å². The highest BCUT2D eigenvalue weighted by molar-refractivity contribution is 7.98. The average Bonchev–Trinajstić information content (AvgIpc) is 2.49. The minimum atomic E-state index is 0.573. The zero-order chi connectivity index (χ0) is 14.6. The number of hydrogen-bond donors (Lipinski definition) is 1. The first-order valence-corrected chi connectivity index (χ1v) is 8.34. The summed E-state index contributed by atoms with van der Waals surface area (Å²) in [6.45, 7) is 1.65. The Kier molecular flexibility index (Phi) is 9.15. The molecule has 1 rings (SSSR count). The maximum Gasteiger partial charge on any atom is 0.224 e. The molecule has 0 spiro atoms. The highest BCUT2D eigenvalue weighted by Gasteiger charge is 2.11. The summed E-state index contributed by atoms with van der Waals surface area (Å²) in [5.41, 5.74) is 0.875. The van der Waals surface area contributed by atoms with Gasteiger partial charge in [-0.15, -0.1) is 0 Å². The molecule has 0 amide bonds. The number of methoxy groups -OCH3 is 2. The normalized spacial score (nSPS) is 10.6. The second-order valence-electron chi connectivity index (χ2n) is 4.45. The van der Waals surface area contributed by atoms with Crippen molar-refractivity contribution in [1.29, 1.82) is 0 Å². The van der Waals surface area contributed by atoms with Gasteiger partial charge in [0.25, 0.3) is 0 Å². The summed E-state index contributed by atoms with van der Waals surface area (Å²) in [5.74, 6) is 2.41. The fraction of sp³-hybridized carbons (Fsp3) is 0.714. The molecule has 5 nitrogen and oxygen atoms in total. The van der Waals surface area contributed by atoms with Crippen LogP contribution in [0.4, 0.5) is 0 Å². The molecule has 1 heterocycles. The summed E-state index contributed by atoms with van der Waals surface area (Å²) < 4.78 is 10.5. The van der Waals surface area contributed by atoms with Gasteiger partial charge < -0.3 is 14.8 Å². The lowest BCUT2D eigenvalue weighted by Crippen LogP contribution is -2.16. The Morgan fingerprint density at radius 2 is 1.70 bits per heavy atom. The molecular weight excluding hydrogens is 274 g/mol. The molecule has 0 saturated heterocycles. The number of unbranched alkanes of at least 4 members (excludes halogenated alkanes) is 3. The van der Waals surface area contributed by atoms with E-state index >= 15 is 0 Å². The quantitative estimate of drug-likeness (QED) is 0.634. The molecule has 0 fully saturated rings. The Morgan fingerprint density at radius 3 is 2.30 bits per heavy atom. The van der Waals surface area contributed by atoms with Crippen molar-refractivity contribution in [3.05, 3.63) is 11.9 Å². The van der Waals surface area contributed by atoms with E-state index in [0.717, 1.165) is 12.1 Å². The number of nitrogens with one attached hydrogen (secondary N) is 1. The smallest absolute Gasteiger partial charge is 0.224 e. The first kappa shape index (κ1) is 17.0. The molecule has 0 bridgehead atoms. The Balaban J connectivity index is 2.27. The van der Waals surface area contributed by atoms with E-state index in [1.807, 2.05) is 11.8 Å². The Labute approximate surface area is 125 Å². The highest BCUT2D eigenvalue weighted by atomic mass is 32.2. The van der Waals surface area contributed by atoms with Crippen LogP contribution in [0.2, 0.25) is 0 Å². The zero-order valence-corrected chi connectivity index (χ0v) is 13.5. The van der Waals surface area contributed by atoms with Crippen molar-refractivity contribution in [2.45, 2.75) is 32.2 Å². The van der Waals surface area contributed by atoms with E-state index in [-0.39, 0.29) is 0 Å². The van der Waals surface area contributed by atoms with Crippen LogP contribution in [0.15, 0.2) is 6.33 Å². The molecule has 1 aromatic rings. The van der Waals surface area contributed by atoms with Crippen LogP contribution in [0.3, 0.4) is 0 Å². The van der Waals surface area contributed by atoms with Crippen LogP contribution in [0.5, 0.6) is 11.8 Å². The van der Waals surface area contributed by atoms with E-state index in [2.05, 4.69) is 21.5 Å². The summed E-state index contributed by atoms with van der Waals surface area (Å²) in [5, 5.41) is 3.40. The molecule has 6 heteroatoms. The largest absolute Gasteiger partial charge is 0.481 e. The number of aromatic nitrogens is 2. The number of rotatable bonds is 11. The maximum absolute atomic E-state index is 5.24. The Morgan fingerprint density at radius 1 is 1.05 bits per heavy atom. The van der Waals surface area contributed by atoms with Crippen molar-refractivity contribution in [2.24, 2.45) is 0 Å². The van der Waals surface area contributed by atoms with Gasteiger partial charge in [-0.2, -0.15) is 11.8 Å². The SMILES string of the molecule is COc1ncnc(OC)c1CNCCCCCCSC. The van der Waals surface area contributed by atoms with Crippen LogP contribution in [0.25, 0.3) is 0 Å². The second-order valence-corrected chi connectivity index (χ2v) is 5.44. The van der Waals surface area contributed by atoms with Crippen molar-refractivity contribution < 1.29 is 9.47 Å². The van der Waals surface area contributed by atoms with E-state index < -0.39 is 0 Å². The molecule has 0 radical (unpaired) electrons. The fourth-order valence-corrected chi connectivity index (χ4v) is 2.44. The van der Waals surface area contributed by atoms with Crippen LogP contribution in [0.1, 0.15) is 31.2 Å². The summed E-state index contributed by atoms with van der Waals surface area (Å²) in [6.07, 6.45) is 8.69. The minimum Gasteiger partial charge on any atom is -0.481 e. The first-order chi connectivity index (χ1) is 9.83. The van der Waals surface area contributed by atoms with Gasteiger partial charge in [0.1, 0.15) is 6.33 Å². The highest BCUT2D eigenvalue weighted by Crippen LogP contribution is 2.22. The standard InChI is InChI=1S/C14H25N3O2S/c1-18-13-12(14(19-2)17-11-16-13)10-15-8-6-4-5-7-9-20-3/h11,15H,4-10H2,1-3H3. The third-order valence-corrected chi connectivity index (χ3v) is 3.70. The van der Waals surface area contributed by atoms with E-state index in [0.29, 0.717) is 18.3 Å². The molecule has 114 valence electrons. The third kappa shape index (κ3) is 5.96. The molecule has 20 heavy (non-hydrogen) atoms. The third-order valence-electron chi connectivity index (χ3n) is 3.01. The van der Waals surface area contributed by atoms with Crippen LogP contribution < -0.4 is 14.8 Å². The lowest BCUT2D eigenvalue weighted by Gasteiger charge is -2.11. The fourth-order valence-electron chi connectivity index (χ4n) is 1.95. The molecular formula is C14H25N3O2S. The molecule has 0 saturated carbocycles. The molecule has 0 aliphatic carbocycles. The lowest BCUT2D eigenvalue weighted by atomic mass is 10.2. The molecule has 1 N–H and O–H groups in total. The van der Waals surface area contributed by atoms with Gasteiger partial charge in [0.05, 0.1) is 19.8 Å². The van der Waals surface area contributed by atoms with Crippen LogP contribution in [-0.2, 0) is 6.54 Å². The maximum atomic E-state index is 5.24. The van der Waals surface area contributed by atoms with Gasteiger partial charge in [-0.3, -0.25) is 0 Å². The lowest BCUT2D eigenvalue weighted by molar-refractivity contribution is 0.359. The van der Waals surface area contributed by atoms with Gasteiger partial charge >= 0.3 is 0 Å². The molecule has 0 atom stereocenters. The average molecular weight is 299 g/mol. The molecule has 0 unspecified atom stereocenters. The van der Waals surface area contributed by atoms with Gasteiger partial charge in [0.2, 0.25) is 11.8 Å². The number of thioether (sulfide) groups is 1. The number of hydrogen-bond acceptors (Lipinski definition) is 6. The first-order valence-electron chi connectivity index (χ1n) is 6.95. The minimum absolute atomic E-state index is 0.573. The van der Waals surface area contributed by atoms with Gasteiger partial charge in [-0.1, -0.05) is 12.8 Å². The number of nitrogens with zero attached hydrogens (tertiary/aromatic N) is 2. The van der Waals surface area contributed by atoms with E-state index in [4.69, 9.17) is 9.47 Å². The number of ether oxygens (including phenoxy) is 2. The monoisotopic (exact) mass is 299 g/mol. The second kappa shape index (κ2) is 10.7. The zero-order valence-electron chi connectivity index (χ0n) is 12.6. The molecule has 0 aromatic carbocycles. The van der Waals surface area contributed by atoms with Crippen molar-refractivity contribution >= 4 is 11.8 Å².